The van der Waals surface area contributed by atoms with Gasteiger partial charge in [-0.3, -0.25) is 19.1 Å². The molecule has 3 saturated carbocycles. The van der Waals surface area contributed by atoms with Crippen molar-refractivity contribution in [2.24, 2.45) is 23.2 Å². The van der Waals surface area contributed by atoms with Crippen LogP contribution in [-0.4, -0.2) is 101 Å². The maximum Gasteiger partial charge on any atom is 0.408 e. The topological polar surface area (TPSA) is 195 Å². The summed E-state index contributed by atoms with van der Waals surface area (Å²) in [5, 5.41) is 4.96. The van der Waals surface area contributed by atoms with Gasteiger partial charge in [0.25, 0.3) is 11.8 Å². The van der Waals surface area contributed by atoms with Crippen molar-refractivity contribution < 1.29 is 68.1 Å². The number of alkyl halides is 6. The summed E-state index contributed by atoms with van der Waals surface area (Å²) in [4.78, 5) is 65.9. The van der Waals surface area contributed by atoms with E-state index in [2.05, 4.69) is 25.3 Å². The lowest BCUT2D eigenvalue weighted by Gasteiger charge is -2.36. The number of carbonyl (C=O) groups excluding carboxylic acids is 4. The number of alkyl carbamates (subject to hydrolysis) is 1. The summed E-state index contributed by atoms with van der Waals surface area (Å²) in [5.74, 6) is -11.3. The lowest BCUT2D eigenvalue weighted by molar-refractivity contribution is -0.144. The summed E-state index contributed by atoms with van der Waals surface area (Å²) in [7, 11) is -4.36. The van der Waals surface area contributed by atoms with Crippen molar-refractivity contribution in [1.29, 1.82) is 0 Å². The third-order valence-electron chi connectivity index (χ3n) is 12.8. The number of sulfonamides is 1. The lowest BCUT2D eigenvalue weighted by Crippen LogP contribution is -2.61. The molecule has 4 amide bonds. The number of halogens is 6. The highest BCUT2D eigenvalue weighted by Gasteiger charge is 2.68. The molecule has 7 rings (SSSR count). The number of aromatic nitrogens is 2. The van der Waals surface area contributed by atoms with Crippen LogP contribution in [0.15, 0.2) is 18.2 Å². The van der Waals surface area contributed by atoms with Gasteiger partial charge >= 0.3 is 12.7 Å². The number of rotatable bonds is 9. The molecule has 22 heteroatoms. The standard InChI is InChI=1S/C40H50F6N6O9S/c1-6-21-26-18-52(27(21)31(53)50-39(17-22(39)30(41)42)34(55)51-62(57,58)38(5)13-14-38)33(54)29(37(2,3)4)49-36(56)61-25-15-19(25)9-7-8-12-40(45,46)28-32(60-26)48-24-16-20(59-35(43)44)10-11-23(24)47-28/h10-11,16,19,21-22,25-27,29-30,35H,6-9,12-15,17-18H2,1-5H3,(H,49,56)(H,50,53)(H,51,55)/t19?,21-,22+,25-,26+,27+,29-,39-/m1/s1. The molecule has 1 unspecified atom stereocenters. The number of amides is 4. The first-order chi connectivity index (χ1) is 28.9. The zero-order valence-corrected chi connectivity index (χ0v) is 35.5. The average molecular weight is 905 g/mol. The van der Waals surface area contributed by atoms with Gasteiger partial charge in [0.15, 0.2) is 5.69 Å². The second-order valence-corrected chi connectivity index (χ2v) is 20.6. The quantitative estimate of drug-likeness (QED) is 0.267. The Bertz CT molecular complexity index is 2230. The van der Waals surface area contributed by atoms with Crippen LogP contribution in [0, 0.1) is 23.2 Å². The molecule has 2 aromatic rings. The zero-order valence-electron chi connectivity index (χ0n) is 34.7. The Morgan fingerprint density at radius 2 is 1.74 bits per heavy atom. The van der Waals surface area contributed by atoms with E-state index in [4.69, 9.17) is 9.47 Å². The molecule has 1 saturated heterocycles. The molecule has 1 aromatic heterocycles. The van der Waals surface area contributed by atoms with E-state index in [-0.39, 0.29) is 48.4 Å². The van der Waals surface area contributed by atoms with Gasteiger partial charge in [-0.1, -0.05) is 34.1 Å². The number of fused-ring (bicyclic) bond motifs is 5. The van der Waals surface area contributed by atoms with Gasteiger partial charge in [0, 0.05) is 18.4 Å². The van der Waals surface area contributed by atoms with Gasteiger partial charge in [-0.15, -0.1) is 0 Å². The highest BCUT2D eigenvalue weighted by atomic mass is 32.2. The van der Waals surface area contributed by atoms with Crippen LogP contribution in [0.2, 0.25) is 0 Å². The largest absolute Gasteiger partial charge is 0.471 e. The Morgan fingerprint density at radius 3 is 2.35 bits per heavy atom. The minimum Gasteiger partial charge on any atom is -0.471 e. The van der Waals surface area contributed by atoms with Crippen LogP contribution in [0.25, 0.3) is 11.0 Å². The number of benzene rings is 1. The normalized spacial score (nSPS) is 30.8. The second-order valence-electron chi connectivity index (χ2n) is 18.4. The summed E-state index contributed by atoms with van der Waals surface area (Å²) in [6, 6.07) is 0.252. The van der Waals surface area contributed by atoms with E-state index < -0.39 is 136 Å². The molecule has 15 nitrogen and oxygen atoms in total. The third kappa shape index (κ3) is 8.93. The molecule has 62 heavy (non-hydrogen) atoms. The molecule has 3 heterocycles. The van der Waals surface area contributed by atoms with Crippen LogP contribution in [-0.2, 0) is 35.1 Å². The number of nitrogens with one attached hydrogen (secondary N) is 3. The molecule has 4 fully saturated rings. The van der Waals surface area contributed by atoms with E-state index in [1.165, 1.54) is 13.0 Å². The fraction of sp³-hybridized carbons (Fsp3) is 0.700. The highest BCUT2D eigenvalue weighted by molar-refractivity contribution is 7.91. The van der Waals surface area contributed by atoms with Crippen molar-refractivity contribution in [3.63, 3.8) is 0 Å². The van der Waals surface area contributed by atoms with Crippen molar-refractivity contribution >= 4 is 44.9 Å². The maximum absolute atomic E-state index is 16.3. The summed E-state index contributed by atoms with van der Waals surface area (Å²) in [5.41, 5.74) is -4.65. The minimum absolute atomic E-state index is 0.00978. The van der Waals surface area contributed by atoms with Crippen LogP contribution < -0.4 is 24.8 Å². The molecule has 0 radical (unpaired) electrons. The molecule has 8 atom stereocenters. The first-order valence-corrected chi connectivity index (χ1v) is 22.1. The van der Waals surface area contributed by atoms with E-state index >= 15 is 8.78 Å². The van der Waals surface area contributed by atoms with E-state index in [9.17, 15) is 45.2 Å². The summed E-state index contributed by atoms with van der Waals surface area (Å²) >= 11 is 0. The first-order valence-electron chi connectivity index (χ1n) is 20.7. The van der Waals surface area contributed by atoms with E-state index in [0.29, 0.717) is 19.3 Å². The number of ether oxygens (including phenoxy) is 3. The van der Waals surface area contributed by atoms with Crippen LogP contribution in [0.5, 0.6) is 11.6 Å². The van der Waals surface area contributed by atoms with Gasteiger partial charge in [0.05, 0.1) is 28.2 Å². The fourth-order valence-corrected chi connectivity index (χ4v) is 9.79. The van der Waals surface area contributed by atoms with Crippen molar-refractivity contribution in [3.8, 4) is 11.6 Å². The fourth-order valence-electron chi connectivity index (χ4n) is 8.48. The minimum atomic E-state index is -4.36. The Balaban J connectivity index is 1.30. The lowest BCUT2D eigenvalue weighted by atomic mass is 9.85. The molecule has 2 bridgehead atoms. The number of nitrogens with zero attached hydrogens (tertiary/aromatic N) is 3. The van der Waals surface area contributed by atoms with Crippen molar-refractivity contribution in [1.82, 2.24) is 30.2 Å². The molecule has 2 aliphatic heterocycles. The average Bonchev–Trinajstić information content (AvgIpc) is 4.12. The number of hydrogen-bond acceptors (Lipinski definition) is 11. The molecular formula is C40H50F6N6O9S. The van der Waals surface area contributed by atoms with Crippen LogP contribution in [0.4, 0.5) is 31.1 Å². The van der Waals surface area contributed by atoms with Gasteiger partial charge < -0.3 is 29.7 Å². The van der Waals surface area contributed by atoms with Crippen LogP contribution in [0.1, 0.15) is 98.1 Å². The molecule has 1 aromatic carbocycles. The van der Waals surface area contributed by atoms with Crippen LogP contribution in [0.3, 0.4) is 0 Å². The second kappa shape index (κ2) is 16.2. The molecule has 3 N–H and O–H groups in total. The summed E-state index contributed by atoms with van der Waals surface area (Å²) in [6.07, 6.45) is -5.74. The highest BCUT2D eigenvalue weighted by Crippen LogP contribution is 2.50. The number of hydrogen-bond donors (Lipinski definition) is 3. The Labute approximate surface area is 353 Å². The third-order valence-corrected chi connectivity index (χ3v) is 14.9. The Kier molecular flexibility index (Phi) is 11.8. The van der Waals surface area contributed by atoms with Gasteiger partial charge in [0.1, 0.15) is 35.6 Å². The Hall–Kier alpha value is -4.63. The molecule has 342 valence electrons. The predicted octanol–water partition coefficient (Wildman–Crippen LogP) is 5.55. The first kappa shape index (κ1) is 45.4. The van der Waals surface area contributed by atoms with E-state index in [0.717, 1.165) is 17.0 Å². The van der Waals surface area contributed by atoms with E-state index in [1.807, 2.05) is 4.72 Å². The zero-order chi connectivity index (χ0) is 45.3. The van der Waals surface area contributed by atoms with Crippen molar-refractivity contribution in [3.05, 3.63) is 23.9 Å². The number of carbonyl (C=O) groups is 4. The Morgan fingerprint density at radius 1 is 1.03 bits per heavy atom. The van der Waals surface area contributed by atoms with E-state index in [1.54, 1.807) is 27.7 Å². The smallest absolute Gasteiger partial charge is 0.408 e. The maximum atomic E-state index is 16.3. The summed E-state index contributed by atoms with van der Waals surface area (Å²) in [6.45, 7) is 4.07. The molecule has 0 spiro atoms. The molecular weight excluding hydrogens is 855 g/mol. The van der Waals surface area contributed by atoms with Gasteiger partial charge in [-0.2, -0.15) is 17.6 Å². The summed E-state index contributed by atoms with van der Waals surface area (Å²) < 4.78 is 131. The van der Waals surface area contributed by atoms with Gasteiger partial charge in [-0.05, 0) is 75.3 Å². The predicted molar refractivity (Wildman–Crippen MR) is 207 cm³/mol. The van der Waals surface area contributed by atoms with Crippen molar-refractivity contribution in [2.75, 3.05) is 6.54 Å². The molecule has 5 aliphatic rings. The van der Waals surface area contributed by atoms with Crippen molar-refractivity contribution in [2.45, 2.75) is 146 Å². The van der Waals surface area contributed by atoms with Gasteiger partial charge in [0.2, 0.25) is 34.1 Å². The molecule has 3 aliphatic carbocycles. The SMILES string of the molecule is CC[C@@H]1[C@@H]2CN(C(=O)[C@H](C(C)(C)C)NC(=O)O[C@@H]3CC3CCCCC(F)(F)c3nc4ccc(OC(F)F)cc4nc3O2)[C@@H]1C(=O)N[C@]1(C(=O)NS(=O)(=O)C2(C)CC2)C[C@H]1C(F)F. The monoisotopic (exact) mass is 904 g/mol. The van der Waals surface area contributed by atoms with Gasteiger partial charge in [-0.25, -0.2) is 32.0 Å². The van der Waals surface area contributed by atoms with Crippen LogP contribution >= 0.6 is 0 Å².